The number of rotatable bonds is 4. The lowest BCUT2D eigenvalue weighted by atomic mass is 10.2. The minimum atomic E-state index is 0.296. The van der Waals surface area contributed by atoms with Crippen molar-refractivity contribution in [3.63, 3.8) is 0 Å². The monoisotopic (exact) mass is 288 g/mol. The zero-order chi connectivity index (χ0) is 14.1. The largest absolute Gasteiger partial charge is 0.368 e. The molecule has 0 aliphatic rings. The maximum Gasteiger partial charge on any atom is 0.223 e. The number of anilines is 2. The zero-order valence-electron chi connectivity index (χ0n) is 11.4. The number of nitrogens with two attached hydrogens (primary N) is 1. The SMILES string of the molecule is CCc1nn(C)cc1CNc1nc(N)nc2sccc12. The molecular formula is C13H16N6S. The molecule has 6 nitrogen and oxygen atoms in total. The van der Waals surface area contributed by atoms with Crippen LogP contribution in [0.15, 0.2) is 17.6 Å². The third-order valence-corrected chi connectivity index (χ3v) is 3.92. The Morgan fingerprint density at radius 1 is 1.40 bits per heavy atom. The van der Waals surface area contributed by atoms with Crippen molar-refractivity contribution in [3.8, 4) is 0 Å². The Balaban J connectivity index is 1.88. The van der Waals surface area contributed by atoms with Crippen LogP contribution in [-0.4, -0.2) is 19.7 Å². The fourth-order valence-corrected chi connectivity index (χ4v) is 2.99. The molecule has 0 spiro atoms. The quantitative estimate of drug-likeness (QED) is 0.769. The Morgan fingerprint density at radius 3 is 3.05 bits per heavy atom. The molecule has 0 atom stereocenters. The molecule has 0 amide bonds. The van der Waals surface area contributed by atoms with Crippen LogP contribution in [0, 0.1) is 0 Å². The zero-order valence-corrected chi connectivity index (χ0v) is 12.2. The van der Waals surface area contributed by atoms with Gasteiger partial charge in [0.05, 0.1) is 11.1 Å². The molecule has 0 aliphatic heterocycles. The fourth-order valence-electron chi connectivity index (χ4n) is 2.21. The van der Waals surface area contributed by atoms with E-state index in [0.717, 1.165) is 28.1 Å². The van der Waals surface area contributed by atoms with E-state index in [9.17, 15) is 0 Å². The summed E-state index contributed by atoms with van der Waals surface area (Å²) in [5.41, 5.74) is 8.02. The fraction of sp³-hybridized carbons (Fsp3) is 0.308. The Morgan fingerprint density at radius 2 is 2.25 bits per heavy atom. The third-order valence-electron chi connectivity index (χ3n) is 3.12. The van der Waals surface area contributed by atoms with E-state index >= 15 is 0 Å². The lowest BCUT2D eigenvalue weighted by molar-refractivity contribution is 0.746. The Hall–Kier alpha value is -2.15. The van der Waals surface area contributed by atoms with Crippen LogP contribution in [0.1, 0.15) is 18.2 Å². The van der Waals surface area contributed by atoms with E-state index in [4.69, 9.17) is 5.73 Å². The molecule has 0 unspecified atom stereocenters. The van der Waals surface area contributed by atoms with Crippen molar-refractivity contribution in [2.75, 3.05) is 11.1 Å². The summed E-state index contributed by atoms with van der Waals surface area (Å²) in [4.78, 5) is 9.41. The van der Waals surface area contributed by atoms with Crippen LogP contribution in [0.4, 0.5) is 11.8 Å². The van der Waals surface area contributed by atoms with Crippen molar-refractivity contribution in [3.05, 3.63) is 28.9 Å². The van der Waals surface area contributed by atoms with Gasteiger partial charge in [0.15, 0.2) is 0 Å². The molecule has 0 radical (unpaired) electrons. The van der Waals surface area contributed by atoms with Crippen LogP contribution in [0.3, 0.4) is 0 Å². The third kappa shape index (κ3) is 2.32. The standard InChI is InChI=1S/C13H16N6S/c1-3-10-8(7-19(2)18-10)6-15-11-9-4-5-20-12(9)17-13(14)16-11/h4-5,7H,3,6H2,1-2H3,(H3,14,15,16,17). The highest BCUT2D eigenvalue weighted by Gasteiger charge is 2.09. The summed E-state index contributed by atoms with van der Waals surface area (Å²) in [6.45, 7) is 2.78. The van der Waals surface area contributed by atoms with Gasteiger partial charge in [0, 0.05) is 25.4 Å². The summed E-state index contributed by atoms with van der Waals surface area (Å²) in [6, 6.07) is 2.01. The van der Waals surface area contributed by atoms with Crippen LogP contribution in [0.5, 0.6) is 0 Å². The minimum Gasteiger partial charge on any atom is -0.368 e. The van der Waals surface area contributed by atoms with E-state index < -0.39 is 0 Å². The number of hydrogen-bond acceptors (Lipinski definition) is 6. The molecule has 3 N–H and O–H groups in total. The van der Waals surface area contributed by atoms with Crippen molar-refractivity contribution >= 4 is 33.3 Å². The number of nitrogen functional groups attached to an aromatic ring is 1. The molecule has 0 aliphatic carbocycles. The van der Waals surface area contributed by atoms with Crippen LogP contribution in [0.2, 0.25) is 0 Å². The Bertz CT molecular complexity index is 744. The van der Waals surface area contributed by atoms with E-state index in [1.165, 1.54) is 5.56 Å². The average Bonchev–Trinajstić information content (AvgIpc) is 3.01. The molecule has 7 heteroatoms. The topological polar surface area (TPSA) is 81.7 Å². The molecule has 3 aromatic rings. The number of aromatic nitrogens is 4. The van der Waals surface area contributed by atoms with Gasteiger partial charge in [0.1, 0.15) is 10.6 Å². The lowest BCUT2D eigenvalue weighted by Crippen LogP contribution is -2.05. The predicted octanol–water partition coefficient (Wildman–Crippen LogP) is 2.18. The van der Waals surface area contributed by atoms with Crippen LogP contribution >= 0.6 is 11.3 Å². The number of aryl methyl sites for hydroxylation is 2. The molecule has 3 aromatic heterocycles. The van der Waals surface area contributed by atoms with Crippen LogP contribution in [0.25, 0.3) is 10.2 Å². The van der Waals surface area contributed by atoms with Crippen molar-refractivity contribution in [2.24, 2.45) is 7.05 Å². The number of nitrogens with zero attached hydrogens (tertiary/aromatic N) is 4. The summed E-state index contributed by atoms with van der Waals surface area (Å²) in [6.07, 6.45) is 2.94. The van der Waals surface area contributed by atoms with Crippen LogP contribution < -0.4 is 11.1 Å². The molecule has 3 heterocycles. The number of fused-ring (bicyclic) bond motifs is 1. The van der Waals surface area contributed by atoms with Gasteiger partial charge < -0.3 is 11.1 Å². The average molecular weight is 288 g/mol. The van der Waals surface area contributed by atoms with Gasteiger partial charge in [0.25, 0.3) is 0 Å². The molecule has 104 valence electrons. The first-order valence-electron chi connectivity index (χ1n) is 6.43. The van der Waals surface area contributed by atoms with E-state index in [2.05, 4.69) is 27.3 Å². The first kappa shape index (κ1) is 12.9. The van der Waals surface area contributed by atoms with Crippen LogP contribution in [-0.2, 0) is 20.0 Å². The highest BCUT2D eigenvalue weighted by Crippen LogP contribution is 2.26. The summed E-state index contributed by atoms with van der Waals surface area (Å²) >= 11 is 1.56. The molecule has 0 fully saturated rings. The summed E-state index contributed by atoms with van der Waals surface area (Å²) < 4.78 is 1.84. The summed E-state index contributed by atoms with van der Waals surface area (Å²) in [7, 11) is 1.93. The van der Waals surface area contributed by atoms with E-state index in [-0.39, 0.29) is 0 Å². The summed E-state index contributed by atoms with van der Waals surface area (Å²) in [5, 5.41) is 10.8. The van der Waals surface area contributed by atoms with Crippen molar-refractivity contribution in [1.29, 1.82) is 0 Å². The van der Waals surface area contributed by atoms with Gasteiger partial charge in [-0.15, -0.1) is 11.3 Å². The molecule has 0 aromatic carbocycles. The first-order valence-corrected chi connectivity index (χ1v) is 7.31. The Labute approximate surface area is 120 Å². The van der Waals surface area contributed by atoms with Gasteiger partial charge in [-0.05, 0) is 17.9 Å². The van der Waals surface area contributed by atoms with E-state index in [0.29, 0.717) is 12.5 Å². The molecule has 0 saturated heterocycles. The van der Waals surface area contributed by atoms with Crippen molar-refractivity contribution < 1.29 is 0 Å². The van der Waals surface area contributed by atoms with Gasteiger partial charge in [-0.3, -0.25) is 4.68 Å². The highest BCUT2D eigenvalue weighted by atomic mass is 32.1. The molecule has 3 rings (SSSR count). The van der Waals surface area contributed by atoms with E-state index in [1.54, 1.807) is 11.3 Å². The second kappa shape index (κ2) is 5.09. The predicted molar refractivity (Wildman–Crippen MR) is 81.7 cm³/mol. The van der Waals surface area contributed by atoms with Gasteiger partial charge in [-0.2, -0.15) is 10.1 Å². The minimum absolute atomic E-state index is 0.296. The normalized spacial score (nSPS) is 11.1. The number of thiophene rings is 1. The first-order chi connectivity index (χ1) is 9.67. The van der Waals surface area contributed by atoms with Gasteiger partial charge in [-0.1, -0.05) is 6.92 Å². The van der Waals surface area contributed by atoms with E-state index in [1.807, 2.05) is 29.4 Å². The van der Waals surface area contributed by atoms with Crippen molar-refractivity contribution in [2.45, 2.75) is 19.9 Å². The molecule has 0 saturated carbocycles. The van der Waals surface area contributed by atoms with Gasteiger partial charge in [0.2, 0.25) is 5.95 Å². The number of nitrogens with one attached hydrogen (secondary N) is 1. The molecule has 0 bridgehead atoms. The molecular weight excluding hydrogens is 272 g/mol. The maximum absolute atomic E-state index is 5.74. The smallest absolute Gasteiger partial charge is 0.223 e. The second-order valence-electron chi connectivity index (χ2n) is 4.55. The van der Waals surface area contributed by atoms with Gasteiger partial charge in [-0.25, -0.2) is 4.98 Å². The van der Waals surface area contributed by atoms with Crippen molar-refractivity contribution in [1.82, 2.24) is 19.7 Å². The van der Waals surface area contributed by atoms with Gasteiger partial charge >= 0.3 is 0 Å². The Kier molecular flexibility index (Phi) is 3.27. The molecule has 20 heavy (non-hydrogen) atoms. The highest BCUT2D eigenvalue weighted by molar-refractivity contribution is 7.16. The number of hydrogen-bond donors (Lipinski definition) is 2. The second-order valence-corrected chi connectivity index (χ2v) is 5.45. The summed E-state index contributed by atoms with van der Waals surface area (Å²) in [5.74, 6) is 1.07. The lowest BCUT2D eigenvalue weighted by Gasteiger charge is -2.07. The maximum atomic E-state index is 5.74.